The molecular weight excluding hydrogens is 244 g/mol. The predicted octanol–water partition coefficient (Wildman–Crippen LogP) is 1.43. The molecule has 19 heavy (non-hydrogen) atoms. The topological polar surface area (TPSA) is 67.4 Å². The van der Waals surface area contributed by atoms with Gasteiger partial charge in [-0.25, -0.2) is 5.48 Å². The van der Waals surface area contributed by atoms with E-state index in [2.05, 4.69) is 15.6 Å². The minimum atomic E-state index is -0.632. The number of nitrogens with one attached hydrogen (secondary N) is 2. The molecule has 1 rings (SSSR count). The van der Waals surface area contributed by atoms with Gasteiger partial charge in [0.25, 0.3) is 11.8 Å². The van der Waals surface area contributed by atoms with E-state index in [0.717, 1.165) is 5.56 Å². The van der Waals surface area contributed by atoms with Crippen LogP contribution in [0.5, 0.6) is 0 Å². The van der Waals surface area contributed by atoms with Crippen molar-refractivity contribution in [2.45, 2.75) is 26.8 Å². The molecule has 0 aliphatic carbocycles. The number of benzene rings is 1. The zero-order chi connectivity index (χ0) is 14.4. The van der Waals surface area contributed by atoms with E-state index in [4.69, 9.17) is 0 Å². The van der Waals surface area contributed by atoms with Crippen molar-refractivity contribution in [2.24, 2.45) is 5.92 Å². The van der Waals surface area contributed by atoms with Crippen LogP contribution < -0.4 is 10.8 Å². The lowest BCUT2D eigenvalue weighted by Gasteiger charge is -2.21. The Hall–Kier alpha value is -1.88. The molecule has 2 N–H and O–H groups in total. The van der Waals surface area contributed by atoms with Gasteiger partial charge in [-0.05, 0) is 24.5 Å². The number of carbonyl (C=O) groups is 2. The van der Waals surface area contributed by atoms with Crippen LogP contribution in [0.15, 0.2) is 24.3 Å². The average Bonchev–Trinajstić information content (AvgIpc) is 2.36. The largest absolute Gasteiger partial charge is 0.340 e. The quantitative estimate of drug-likeness (QED) is 0.790. The Balaban J connectivity index is 2.83. The maximum atomic E-state index is 12.2. The first-order valence-corrected chi connectivity index (χ1v) is 6.16. The van der Waals surface area contributed by atoms with Crippen LogP contribution in [0.4, 0.5) is 0 Å². The van der Waals surface area contributed by atoms with Crippen LogP contribution in [0.2, 0.25) is 0 Å². The van der Waals surface area contributed by atoms with E-state index >= 15 is 0 Å². The molecule has 1 unspecified atom stereocenters. The molecule has 104 valence electrons. The summed E-state index contributed by atoms with van der Waals surface area (Å²) in [7, 11) is 1.36. The number of rotatable bonds is 5. The zero-order valence-corrected chi connectivity index (χ0v) is 11.7. The van der Waals surface area contributed by atoms with Gasteiger partial charge in [-0.15, -0.1) is 0 Å². The van der Waals surface area contributed by atoms with Gasteiger partial charge in [0.05, 0.1) is 7.11 Å². The third kappa shape index (κ3) is 4.06. The monoisotopic (exact) mass is 264 g/mol. The Bertz CT molecular complexity index is 458. The summed E-state index contributed by atoms with van der Waals surface area (Å²) in [6.45, 7) is 5.57. The molecule has 5 nitrogen and oxygen atoms in total. The summed E-state index contributed by atoms with van der Waals surface area (Å²) in [6.07, 6.45) is 0. The molecule has 0 fully saturated rings. The van der Waals surface area contributed by atoms with Crippen molar-refractivity contribution < 1.29 is 14.4 Å². The summed E-state index contributed by atoms with van der Waals surface area (Å²) < 4.78 is 0. The van der Waals surface area contributed by atoms with Crippen molar-refractivity contribution in [3.05, 3.63) is 35.4 Å². The lowest BCUT2D eigenvalue weighted by Crippen LogP contribution is -2.49. The summed E-state index contributed by atoms with van der Waals surface area (Å²) in [5, 5.41) is 2.73. The van der Waals surface area contributed by atoms with Crippen LogP contribution >= 0.6 is 0 Å². The number of amides is 2. The highest BCUT2D eigenvalue weighted by Gasteiger charge is 2.25. The molecule has 0 aliphatic heterocycles. The minimum Gasteiger partial charge on any atom is -0.340 e. The Labute approximate surface area is 113 Å². The maximum absolute atomic E-state index is 12.2. The van der Waals surface area contributed by atoms with Gasteiger partial charge in [-0.1, -0.05) is 32.0 Å². The van der Waals surface area contributed by atoms with Crippen LogP contribution in [0.25, 0.3) is 0 Å². The zero-order valence-electron chi connectivity index (χ0n) is 11.7. The SMILES string of the molecule is CONC(=O)C(NC(=O)c1ccccc1C)C(C)C. The van der Waals surface area contributed by atoms with E-state index < -0.39 is 6.04 Å². The Morgan fingerprint density at radius 2 is 1.84 bits per heavy atom. The molecule has 5 heteroatoms. The first-order valence-electron chi connectivity index (χ1n) is 6.16. The lowest BCUT2D eigenvalue weighted by atomic mass is 10.0. The molecule has 0 saturated heterocycles. The van der Waals surface area contributed by atoms with E-state index in [1.165, 1.54) is 7.11 Å². The van der Waals surface area contributed by atoms with E-state index in [1.54, 1.807) is 12.1 Å². The third-order valence-corrected chi connectivity index (χ3v) is 2.83. The third-order valence-electron chi connectivity index (χ3n) is 2.83. The van der Waals surface area contributed by atoms with E-state index in [0.29, 0.717) is 5.56 Å². The number of aryl methyl sites for hydroxylation is 1. The molecule has 1 aromatic carbocycles. The molecule has 0 saturated carbocycles. The van der Waals surface area contributed by atoms with Gasteiger partial charge in [-0.2, -0.15) is 0 Å². The minimum absolute atomic E-state index is 0.0388. The molecule has 0 spiro atoms. The Morgan fingerprint density at radius 1 is 1.21 bits per heavy atom. The fraction of sp³-hybridized carbons (Fsp3) is 0.429. The summed E-state index contributed by atoms with van der Waals surface area (Å²) in [5.74, 6) is -0.661. The molecule has 2 amide bonds. The van der Waals surface area contributed by atoms with Gasteiger partial charge in [0, 0.05) is 5.56 Å². The molecule has 0 heterocycles. The highest BCUT2D eigenvalue weighted by Crippen LogP contribution is 2.09. The van der Waals surface area contributed by atoms with Crippen molar-refractivity contribution in [1.29, 1.82) is 0 Å². The maximum Gasteiger partial charge on any atom is 0.266 e. The first-order chi connectivity index (χ1) is 8.97. The molecule has 1 aromatic rings. The first kappa shape index (κ1) is 15.2. The highest BCUT2D eigenvalue weighted by molar-refractivity contribution is 5.98. The highest BCUT2D eigenvalue weighted by atomic mass is 16.6. The van der Waals surface area contributed by atoms with Crippen LogP contribution in [-0.4, -0.2) is 25.0 Å². The summed E-state index contributed by atoms with van der Waals surface area (Å²) in [5.41, 5.74) is 3.68. The van der Waals surface area contributed by atoms with Crippen molar-refractivity contribution in [1.82, 2.24) is 10.8 Å². The normalized spacial score (nSPS) is 12.1. The Morgan fingerprint density at radius 3 is 2.37 bits per heavy atom. The van der Waals surface area contributed by atoms with Crippen molar-refractivity contribution >= 4 is 11.8 Å². The molecule has 0 bridgehead atoms. The molecule has 1 atom stereocenters. The van der Waals surface area contributed by atoms with Crippen molar-refractivity contribution in [3.63, 3.8) is 0 Å². The molecule has 0 aliphatic rings. The van der Waals surface area contributed by atoms with Crippen LogP contribution in [0.1, 0.15) is 29.8 Å². The summed E-state index contributed by atoms with van der Waals surface area (Å²) in [6, 6.07) is 6.61. The average molecular weight is 264 g/mol. The second kappa shape index (κ2) is 6.89. The number of hydrogen-bond acceptors (Lipinski definition) is 3. The summed E-state index contributed by atoms with van der Waals surface area (Å²) >= 11 is 0. The fourth-order valence-electron chi connectivity index (χ4n) is 1.75. The summed E-state index contributed by atoms with van der Waals surface area (Å²) in [4.78, 5) is 28.5. The van der Waals surface area contributed by atoms with Gasteiger partial charge >= 0.3 is 0 Å². The molecule has 0 radical (unpaired) electrons. The van der Waals surface area contributed by atoms with E-state index in [-0.39, 0.29) is 17.7 Å². The fourth-order valence-corrected chi connectivity index (χ4v) is 1.75. The van der Waals surface area contributed by atoms with Crippen LogP contribution in [0.3, 0.4) is 0 Å². The standard InChI is InChI=1S/C14H20N2O3/c1-9(2)12(14(18)16-19-4)15-13(17)11-8-6-5-7-10(11)3/h5-9,12H,1-4H3,(H,15,17)(H,16,18). The van der Waals surface area contributed by atoms with E-state index in [1.807, 2.05) is 32.9 Å². The van der Waals surface area contributed by atoms with Gasteiger partial charge < -0.3 is 5.32 Å². The van der Waals surface area contributed by atoms with Gasteiger partial charge in [0.1, 0.15) is 6.04 Å². The van der Waals surface area contributed by atoms with Crippen LogP contribution in [-0.2, 0) is 9.63 Å². The smallest absolute Gasteiger partial charge is 0.266 e. The predicted molar refractivity (Wildman–Crippen MR) is 72.4 cm³/mol. The van der Waals surface area contributed by atoms with Crippen molar-refractivity contribution in [2.75, 3.05) is 7.11 Å². The number of hydrogen-bond donors (Lipinski definition) is 2. The van der Waals surface area contributed by atoms with E-state index in [9.17, 15) is 9.59 Å². The van der Waals surface area contributed by atoms with Crippen LogP contribution in [0, 0.1) is 12.8 Å². The lowest BCUT2D eigenvalue weighted by molar-refractivity contribution is -0.134. The number of carbonyl (C=O) groups excluding carboxylic acids is 2. The number of hydroxylamine groups is 1. The molecular formula is C14H20N2O3. The van der Waals surface area contributed by atoms with Gasteiger partial charge in [-0.3, -0.25) is 14.4 Å². The van der Waals surface area contributed by atoms with Gasteiger partial charge in [0.2, 0.25) is 0 Å². The van der Waals surface area contributed by atoms with Gasteiger partial charge in [0.15, 0.2) is 0 Å². The Kier molecular flexibility index (Phi) is 5.51. The molecule has 0 aromatic heterocycles. The van der Waals surface area contributed by atoms with Crippen molar-refractivity contribution in [3.8, 4) is 0 Å². The second-order valence-electron chi connectivity index (χ2n) is 4.68. The second-order valence-corrected chi connectivity index (χ2v) is 4.68.